The lowest BCUT2D eigenvalue weighted by Crippen LogP contribution is -2.37. The largest absolute Gasteiger partial charge is 0.457 e. The zero-order chi connectivity index (χ0) is 21.7. The number of ether oxygens (including phenoxy) is 1. The lowest BCUT2D eigenvalue weighted by Gasteiger charge is -2.22. The van der Waals surface area contributed by atoms with Crippen LogP contribution in [0.25, 0.3) is 0 Å². The fourth-order valence-corrected chi connectivity index (χ4v) is 3.98. The Bertz CT molecular complexity index is 1120. The van der Waals surface area contributed by atoms with Crippen LogP contribution < -0.4 is 14.4 Å². The summed E-state index contributed by atoms with van der Waals surface area (Å²) in [6.07, 6.45) is 1.02. The van der Waals surface area contributed by atoms with Crippen LogP contribution in [-0.2, 0) is 14.8 Å². The molecule has 0 aliphatic rings. The molecule has 0 radical (unpaired) electrons. The van der Waals surface area contributed by atoms with Gasteiger partial charge in [-0.1, -0.05) is 47.5 Å². The van der Waals surface area contributed by atoms with Crippen LogP contribution in [0.1, 0.15) is 0 Å². The Hall–Kier alpha value is -2.74. The Morgan fingerprint density at radius 3 is 2.03 bits per heavy atom. The first-order valence-electron chi connectivity index (χ1n) is 8.78. The number of amides is 1. The third kappa shape index (κ3) is 5.66. The van der Waals surface area contributed by atoms with E-state index in [0.717, 1.165) is 10.6 Å². The van der Waals surface area contributed by atoms with E-state index in [0.29, 0.717) is 17.2 Å². The maximum atomic E-state index is 12.5. The molecule has 0 fully saturated rings. The molecule has 156 valence electrons. The molecule has 0 aromatic heterocycles. The number of rotatable bonds is 7. The summed E-state index contributed by atoms with van der Waals surface area (Å²) in [5.74, 6) is 0.604. The van der Waals surface area contributed by atoms with Gasteiger partial charge >= 0.3 is 0 Å². The standard InChI is InChI=1S/C21H18Cl2N2O4S/c1-30(27,28)25(14-20(26)24-21-18(22)8-5-9-19(21)23)15-10-12-17(13-11-15)29-16-6-3-2-4-7-16/h2-13H,14H2,1H3,(H,24,26). The molecule has 1 N–H and O–H groups in total. The van der Waals surface area contributed by atoms with Crippen LogP contribution in [0.4, 0.5) is 11.4 Å². The molecule has 3 rings (SSSR count). The second-order valence-electron chi connectivity index (χ2n) is 6.32. The van der Waals surface area contributed by atoms with Gasteiger partial charge in [0, 0.05) is 0 Å². The van der Waals surface area contributed by atoms with Crippen molar-refractivity contribution in [3.63, 3.8) is 0 Å². The van der Waals surface area contributed by atoms with Crippen molar-refractivity contribution in [2.45, 2.75) is 0 Å². The number of carbonyl (C=O) groups is 1. The molecule has 0 unspecified atom stereocenters. The summed E-state index contributed by atoms with van der Waals surface area (Å²) >= 11 is 12.1. The molecule has 0 saturated heterocycles. The van der Waals surface area contributed by atoms with Crippen LogP contribution in [0.5, 0.6) is 11.5 Å². The number of benzene rings is 3. The average molecular weight is 465 g/mol. The first kappa shape index (κ1) is 22.0. The number of carbonyl (C=O) groups excluding carboxylic acids is 1. The van der Waals surface area contributed by atoms with Crippen molar-refractivity contribution in [3.8, 4) is 11.5 Å². The fourth-order valence-electron chi connectivity index (χ4n) is 2.63. The van der Waals surface area contributed by atoms with Crippen molar-refractivity contribution in [2.75, 3.05) is 22.4 Å². The summed E-state index contributed by atoms with van der Waals surface area (Å²) in [7, 11) is -3.73. The van der Waals surface area contributed by atoms with E-state index < -0.39 is 22.5 Å². The molecule has 0 spiro atoms. The van der Waals surface area contributed by atoms with Gasteiger partial charge in [-0.15, -0.1) is 0 Å². The number of para-hydroxylation sites is 2. The molecule has 30 heavy (non-hydrogen) atoms. The van der Waals surface area contributed by atoms with E-state index in [-0.39, 0.29) is 15.7 Å². The van der Waals surface area contributed by atoms with Gasteiger partial charge in [0.05, 0.1) is 27.7 Å². The molecule has 1 amide bonds. The molecular weight excluding hydrogens is 447 g/mol. The Kier molecular flexibility index (Phi) is 6.87. The molecule has 9 heteroatoms. The average Bonchev–Trinajstić information content (AvgIpc) is 2.70. The number of sulfonamides is 1. The van der Waals surface area contributed by atoms with Crippen LogP contribution in [0.3, 0.4) is 0 Å². The van der Waals surface area contributed by atoms with Crippen LogP contribution in [0, 0.1) is 0 Å². The number of hydrogen-bond donors (Lipinski definition) is 1. The minimum absolute atomic E-state index is 0.228. The first-order valence-corrected chi connectivity index (χ1v) is 11.4. The van der Waals surface area contributed by atoms with Crippen molar-refractivity contribution in [1.82, 2.24) is 0 Å². The molecular formula is C21H18Cl2N2O4S. The molecule has 3 aromatic carbocycles. The highest BCUT2D eigenvalue weighted by atomic mass is 35.5. The maximum absolute atomic E-state index is 12.5. The third-order valence-electron chi connectivity index (χ3n) is 4.02. The van der Waals surface area contributed by atoms with E-state index in [1.165, 1.54) is 0 Å². The predicted octanol–water partition coefficient (Wildman–Crippen LogP) is 5.19. The molecule has 0 heterocycles. The fraction of sp³-hybridized carbons (Fsp3) is 0.0952. The van der Waals surface area contributed by atoms with Crippen LogP contribution in [0.15, 0.2) is 72.8 Å². The summed E-state index contributed by atoms with van der Waals surface area (Å²) in [6.45, 7) is -0.445. The quantitative estimate of drug-likeness (QED) is 0.521. The lowest BCUT2D eigenvalue weighted by atomic mass is 10.3. The van der Waals surface area contributed by atoms with Crippen molar-refractivity contribution < 1.29 is 17.9 Å². The van der Waals surface area contributed by atoms with Gasteiger partial charge in [0.25, 0.3) is 0 Å². The van der Waals surface area contributed by atoms with Gasteiger partial charge in [-0.3, -0.25) is 9.10 Å². The second-order valence-corrected chi connectivity index (χ2v) is 9.04. The summed E-state index contributed by atoms with van der Waals surface area (Å²) in [5.41, 5.74) is 0.546. The van der Waals surface area contributed by atoms with Crippen LogP contribution >= 0.6 is 23.2 Å². The topological polar surface area (TPSA) is 75.7 Å². The Balaban J connectivity index is 1.77. The Morgan fingerprint density at radius 2 is 1.47 bits per heavy atom. The number of nitrogens with zero attached hydrogens (tertiary/aromatic N) is 1. The summed E-state index contributed by atoms with van der Waals surface area (Å²) in [6, 6.07) is 20.4. The number of halogens is 2. The minimum Gasteiger partial charge on any atom is -0.457 e. The highest BCUT2D eigenvalue weighted by molar-refractivity contribution is 7.92. The molecule has 0 bridgehead atoms. The summed E-state index contributed by atoms with van der Waals surface area (Å²) in [4.78, 5) is 12.5. The smallest absolute Gasteiger partial charge is 0.245 e. The van der Waals surface area contributed by atoms with E-state index in [1.54, 1.807) is 54.6 Å². The van der Waals surface area contributed by atoms with Gasteiger partial charge in [-0.2, -0.15) is 0 Å². The van der Waals surface area contributed by atoms with Crippen molar-refractivity contribution >= 4 is 50.5 Å². The number of nitrogens with one attached hydrogen (secondary N) is 1. The molecule has 6 nitrogen and oxygen atoms in total. The van der Waals surface area contributed by atoms with Crippen LogP contribution in [-0.4, -0.2) is 27.1 Å². The normalized spacial score (nSPS) is 11.0. The van der Waals surface area contributed by atoms with E-state index in [1.807, 2.05) is 18.2 Å². The van der Waals surface area contributed by atoms with Gasteiger partial charge in [0.15, 0.2) is 0 Å². The SMILES string of the molecule is CS(=O)(=O)N(CC(=O)Nc1c(Cl)cccc1Cl)c1ccc(Oc2ccccc2)cc1. The molecule has 0 aliphatic carbocycles. The van der Waals surface area contributed by atoms with E-state index >= 15 is 0 Å². The monoisotopic (exact) mass is 464 g/mol. The van der Waals surface area contributed by atoms with E-state index in [4.69, 9.17) is 27.9 Å². The number of anilines is 2. The molecule has 3 aromatic rings. The van der Waals surface area contributed by atoms with Gasteiger partial charge in [0.2, 0.25) is 15.9 Å². The van der Waals surface area contributed by atoms with Crippen molar-refractivity contribution in [2.24, 2.45) is 0 Å². The van der Waals surface area contributed by atoms with Gasteiger partial charge in [-0.05, 0) is 48.5 Å². The van der Waals surface area contributed by atoms with Crippen molar-refractivity contribution in [1.29, 1.82) is 0 Å². The first-order chi connectivity index (χ1) is 14.2. The highest BCUT2D eigenvalue weighted by Gasteiger charge is 2.22. The Labute approximate surface area is 185 Å². The number of hydrogen-bond acceptors (Lipinski definition) is 4. The molecule has 0 atom stereocenters. The zero-order valence-corrected chi connectivity index (χ0v) is 18.2. The Morgan fingerprint density at radius 1 is 0.900 bits per heavy atom. The maximum Gasteiger partial charge on any atom is 0.245 e. The molecule has 0 saturated carbocycles. The molecule has 0 aliphatic heterocycles. The van der Waals surface area contributed by atoms with Crippen LogP contribution in [0.2, 0.25) is 10.0 Å². The van der Waals surface area contributed by atoms with Crippen molar-refractivity contribution in [3.05, 3.63) is 82.8 Å². The van der Waals surface area contributed by atoms with Gasteiger partial charge in [-0.25, -0.2) is 8.42 Å². The van der Waals surface area contributed by atoms with E-state index in [9.17, 15) is 13.2 Å². The van der Waals surface area contributed by atoms with E-state index in [2.05, 4.69) is 5.32 Å². The summed E-state index contributed by atoms with van der Waals surface area (Å²) < 4.78 is 31.3. The minimum atomic E-state index is -3.73. The third-order valence-corrected chi connectivity index (χ3v) is 5.79. The summed E-state index contributed by atoms with van der Waals surface area (Å²) in [5, 5.41) is 3.07. The second kappa shape index (κ2) is 9.38. The zero-order valence-electron chi connectivity index (χ0n) is 15.9. The van der Waals surface area contributed by atoms with Gasteiger partial charge in [0.1, 0.15) is 18.0 Å². The lowest BCUT2D eigenvalue weighted by molar-refractivity contribution is -0.114. The predicted molar refractivity (Wildman–Crippen MR) is 120 cm³/mol. The highest BCUT2D eigenvalue weighted by Crippen LogP contribution is 2.30. The van der Waals surface area contributed by atoms with Gasteiger partial charge < -0.3 is 10.1 Å².